The van der Waals surface area contributed by atoms with Crippen molar-refractivity contribution in [2.45, 2.75) is 68.1 Å². The van der Waals surface area contributed by atoms with Gasteiger partial charge in [-0.1, -0.05) is 29.8 Å². The molecule has 44 heavy (non-hydrogen) atoms. The van der Waals surface area contributed by atoms with E-state index < -0.39 is 38.0 Å². The van der Waals surface area contributed by atoms with Crippen LogP contribution in [0.4, 0.5) is 5.69 Å². The number of aliphatic hydroxyl groups excluding tert-OH is 1. The molecule has 2 aromatic rings. The Labute approximate surface area is 265 Å². The van der Waals surface area contributed by atoms with Crippen molar-refractivity contribution in [3.63, 3.8) is 0 Å². The number of nitrogens with zero attached hydrogens (tertiary/aromatic N) is 1. The maximum atomic E-state index is 13.4. The molecule has 2 aliphatic carbocycles. The molecule has 1 saturated carbocycles. The Kier molecular flexibility index (Phi) is 9.03. The van der Waals surface area contributed by atoms with E-state index in [1.807, 2.05) is 12.1 Å². The van der Waals surface area contributed by atoms with Gasteiger partial charge in [-0.3, -0.25) is 4.79 Å². The summed E-state index contributed by atoms with van der Waals surface area (Å²) in [6.07, 6.45) is 7.88. The zero-order valence-corrected chi connectivity index (χ0v) is 27.0. The number of aryl methyl sites for hydroxylation is 1. The lowest BCUT2D eigenvalue weighted by atomic mass is 9.68. The number of halogens is 1. The van der Waals surface area contributed by atoms with Gasteiger partial charge >= 0.3 is 0 Å². The number of anilines is 1. The van der Waals surface area contributed by atoms with Crippen molar-refractivity contribution >= 4 is 43.9 Å². The van der Waals surface area contributed by atoms with Crippen molar-refractivity contribution in [3.05, 3.63) is 70.3 Å². The van der Waals surface area contributed by atoms with E-state index in [1.54, 1.807) is 30.4 Å². The number of carbonyl (C=O) groups excluding carboxylic acids is 1. The van der Waals surface area contributed by atoms with Crippen molar-refractivity contribution in [1.82, 2.24) is 4.72 Å². The third kappa shape index (κ3) is 6.38. The van der Waals surface area contributed by atoms with Gasteiger partial charge in [-0.05, 0) is 105 Å². The molecule has 4 aliphatic rings. The first-order valence-electron chi connectivity index (χ1n) is 15.4. The number of sulfonamides is 1. The van der Waals surface area contributed by atoms with E-state index in [-0.39, 0.29) is 41.4 Å². The Balaban J connectivity index is 1.39. The van der Waals surface area contributed by atoms with Crippen LogP contribution in [0.2, 0.25) is 5.02 Å². The van der Waals surface area contributed by atoms with E-state index in [4.69, 9.17) is 16.3 Å². The molecule has 2 bridgehead atoms. The summed E-state index contributed by atoms with van der Waals surface area (Å²) < 4.78 is 57.9. The van der Waals surface area contributed by atoms with Crippen LogP contribution in [0.5, 0.6) is 5.75 Å². The minimum atomic E-state index is -4.19. The minimum Gasteiger partial charge on any atom is -0.490 e. The van der Waals surface area contributed by atoms with Gasteiger partial charge in [0.1, 0.15) is 16.5 Å². The summed E-state index contributed by atoms with van der Waals surface area (Å²) in [6, 6.07) is 11.1. The molecule has 1 fully saturated rings. The molecule has 2 heterocycles. The number of carbonyl (C=O) groups is 1. The predicted molar refractivity (Wildman–Crippen MR) is 171 cm³/mol. The molecule has 1 spiro atoms. The average molecular weight is 663 g/mol. The van der Waals surface area contributed by atoms with Crippen molar-refractivity contribution in [1.29, 1.82) is 0 Å². The molecule has 5 atom stereocenters. The minimum absolute atomic E-state index is 0.0515. The Hall–Kier alpha value is -2.60. The maximum absolute atomic E-state index is 13.4. The van der Waals surface area contributed by atoms with Crippen LogP contribution >= 0.6 is 11.6 Å². The number of nitrogens with one attached hydrogen (secondary N) is 1. The highest BCUT2D eigenvalue weighted by atomic mass is 35.5. The number of amides is 1. The topological polar surface area (TPSA) is 130 Å². The smallest absolute Gasteiger partial charge is 0.264 e. The first-order chi connectivity index (χ1) is 21.0. The zero-order valence-electron chi connectivity index (χ0n) is 24.5. The van der Waals surface area contributed by atoms with Gasteiger partial charge < -0.3 is 14.7 Å². The van der Waals surface area contributed by atoms with Crippen LogP contribution in [0.1, 0.15) is 66.4 Å². The summed E-state index contributed by atoms with van der Waals surface area (Å²) in [6.45, 7) is 1.76. The standard InChI is InChI=1S/C32H39ClN2O7S2/c33-24-9-11-27-21(16-24)4-3-14-32(27)19-35-18-23-7-10-26(23)29(36)6-2-1-5-25(13-15-43(38)39)44(40,41)34-31(37)22-8-12-30(42-20-32)28(35)17-22/h2,6,8-9,11-12,16-17,23,25-26,29,36,43H,1,3-5,7,10,13-15,18-20H2,(H,34,37)/b6-2+/t23-,25-,26+,29-,32-/m0/s1. The summed E-state index contributed by atoms with van der Waals surface area (Å²) in [5.41, 5.74) is 3.03. The second-order valence-corrected chi connectivity index (χ2v) is 16.2. The fourth-order valence-electron chi connectivity index (χ4n) is 7.45. The molecule has 0 unspecified atom stereocenters. The Bertz CT molecular complexity index is 1630. The maximum Gasteiger partial charge on any atom is 0.264 e. The number of rotatable bonds is 3. The SMILES string of the molecule is O=C1NS(=O)(=O)[C@H](CC[SH](=O)=O)CC/C=C/[C@H](O)[C@@H]2CC[C@H]2CN2C[C@@]3(CCCc4cc(Cl)ccc43)COc3ccc1cc32. The quantitative estimate of drug-likeness (QED) is 0.333. The lowest BCUT2D eigenvalue weighted by Crippen LogP contribution is -2.49. The van der Waals surface area contributed by atoms with Crippen molar-refractivity contribution in [2.75, 3.05) is 30.3 Å². The molecule has 0 radical (unpaired) electrons. The first-order valence-corrected chi connectivity index (χ1v) is 18.7. The van der Waals surface area contributed by atoms with Crippen LogP contribution in [-0.2, 0) is 32.6 Å². The van der Waals surface area contributed by atoms with Gasteiger partial charge in [0.2, 0.25) is 10.0 Å². The van der Waals surface area contributed by atoms with Crippen molar-refractivity contribution in [3.8, 4) is 5.75 Å². The van der Waals surface area contributed by atoms with Crippen molar-refractivity contribution in [2.24, 2.45) is 11.8 Å². The van der Waals surface area contributed by atoms with E-state index >= 15 is 0 Å². The molecule has 6 rings (SSSR count). The lowest BCUT2D eigenvalue weighted by Gasteiger charge is -2.45. The molecule has 2 N–H and O–H groups in total. The van der Waals surface area contributed by atoms with Crippen LogP contribution in [0, 0.1) is 11.8 Å². The van der Waals surface area contributed by atoms with Gasteiger partial charge in [0.25, 0.3) is 5.91 Å². The van der Waals surface area contributed by atoms with Gasteiger partial charge in [0.15, 0.2) is 0 Å². The van der Waals surface area contributed by atoms with E-state index in [0.29, 0.717) is 36.9 Å². The summed E-state index contributed by atoms with van der Waals surface area (Å²) in [4.78, 5) is 15.7. The number of benzene rings is 2. The van der Waals surface area contributed by atoms with Crippen LogP contribution in [0.15, 0.2) is 48.6 Å². The second kappa shape index (κ2) is 12.7. The number of fused-ring (bicyclic) bond motifs is 4. The molecule has 0 aromatic heterocycles. The second-order valence-electron chi connectivity index (χ2n) is 12.7. The van der Waals surface area contributed by atoms with E-state index in [9.17, 15) is 26.7 Å². The normalized spacial score (nSPS) is 30.7. The summed E-state index contributed by atoms with van der Waals surface area (Å²) in [5, 5.41) is 10.7. The van der Waals surface area contributed by atoms with Gasteiger partial charge in [0, 0.05) is 34.8 Å². The molecule has 9 nitrogen and oxygen atoms in total. The van der Waals surface area contributed by atoms with Gasteiger partial charge in [-0.15, -0.1) is 0 Å². The van der Waals surface area contributed by atoms with Crippen LogP contribution in [0.25, 0.3) is 0 Å². The van der Waals surface area contributed by atoms with Gasteiger partial charge in [-0.25, -0.2) is 21.6 Å². The molecule has 1 amide bonds. The number of thiol groups is 1. The molecule has 0 saturated heterocycles. The third-order valence-corrected chi connectivity index (χ3v) is 12.6. The molecular formula is C32H39ClN2O7S2. The van der Waals surface area contributed by atoms with Crippen LogP contribution in [-0.4, -0.2) is 64.7 Å². The lowest BCUT2D eigenvalue weighted by molar-refractivity contribution is 0.0456. The third-order valence-electron chi connectivity index (χ3n) is 9.97. The Morgan fingerprint density at radius 1 is 1.14 bits per heavy atom. The average Bonchev–Trinajstić information content (AvgIpc) is 3.10. The Morgan fingerprint density at radius 2 is 1.98 bits per heavy atom. The summed E-state index contributed by atoms with van der Waals surface area (Å²) >= 11 is 6.37. The summed E-state index contributed by atoms with van der Waals surface area (Å²) in [7, 11) is -6.96. The first kappa shape index (κ1) is 31.4. The number of ether oxygens (including phenoxy) is 1. The van der Waals surface area contributed by atoms with E-state index in [1.165, 1.54) is 11.1 Å². The molecule has 238 valence electrons. The molecule has 12 heteroatoms. The van der Waals surface area contributed by atoms with Crippen LogP contribution < -0.4 is 14.4 Å². The Morgan fingerprint density at radius 3 is 2.75 bits per heavy atom. The molecule has 2 aromatic carbocycles. The van der Waals surface area contributed by atoms with Crippen molar-refractivity contribution < 1.29 is 31.5 Å². The fraction of sp³-hybridized carbons (Fsp3) is 0.531. The fourth-order valence-corrected chi connectivity index (χ4v) is 9.75. The summed E-state index contributed by atoms with van der Waals surface area (Å²) in [5.74, 6) is -0.168. The highest BCUT2D eigenvalue weighted by molar-refractivity contribution is 7.90. The van der Waals surface area contributed by atoms with Crippen LogP contribution in [0.3, 0.4) is 0 Å². The van der Waals surface area contributed by atoms with E-state index in [2.05, 4.69) is 15.7 Å². The zero-order chi connectivity index (χ0) is 31.1. The largest absolute Gasteiger partial charge is 0.490 e. The number of hydrogen-bond donors (Lipinski definition) is 3. The van der Waals surface area contributed by atoms with Gasteiger partial charge in [-0.2, -0.15) is 0 Å². The number of aliphatic hydroxyl groups is 1. The number of hydrogen-bond acceptors (Lipinski definition) is 8. The van der Waals surface area contributed by atoms with Gasteiger partial charge in [0.05, 0.1) is 23.6 Å². The highest BCUT2D eigenvalue weighted by Crippen LogP contribution is 2.46. The molecular weight excluding hydrogens is 624 g/mol. The molecule has 2 aliphatic heterocycles. The number of allylic oxidation sites excluding steroid dienone is 1. The predicted octanol–water partition coefficient (Wildman–Crippen LogP) is 3.98. The van der Waals surface area contributed by atoms with E-state index in [0.717, 1.165) is 37.8 Å². The highest BCUT2D eigenvalue weighted by Gasteiger charge is 2.44. The monoisotopic (exact) mass is 662 g/mol.